The predicted octanol–water partition coefficient (Wildman–Crippen LogP) is 2.89. The normalized spacial score (nSPS) is 18.6. The van der Waals surface area contributed by atoms with Crippen LogP contribution in [-0.4, -0.2) is 23.5 Å². The van der Waals surface area contributed by atoms with E-state index in [9.17, 15) is 14.7 Å². The van der Waals surface area contributed by atoms with Crippen molar-refractivity contribution in [2.75, 3.05) is 6.54 Å². The van der Waals surface area contributed by atoms with Crippen LogP contribution in [0.25, 0.3) is 0 Å². The van der Waals surface area contributed by atoms with Crippen molar-refractivity contribution < 1.29 is 14.7 Å². The van der Waals surface area contributed by atoms with Crippen LogP contribution < -0.4 is 5.32 Å². The number of rotatable bonds is 7. The second kappa shape index (κ2) is 6.34. The first kappa shape index (κ1) is 16.3. The van der Waals surface area contributed by atoms with Gasteiger partial charge >= 0.3 is 5.97 Å². The van der Waals surface area contributed by atoms with Crippen LogP contribution in [0.4, 0.5) is 0 Å². The number of hydrogen-bond donors (Lipinski definition) is 2. The molecule has 1 aromatic rings. The van der Waals surface area contributed by atoms with Gasteiger partial charge in [0.05, 0.1) is 5.41 Å². The van der Waals surface area contributed by atoms with E-state index >= 15 is 0 Å². The average molecular weight is 301 g/mol. The lowest BCUT2D eigenvalue weighted by atomic mass is 9.66. The highest BCUT2D eigenvalue weighted by molar-refractivity contribution is 5.86. The highest BCUT2D eigenvalue weighted by Crippen LogP contribution is 2.44. The van der Waals surface area contributed by atoms with Crippen molar-refractivity contribution in [1.29, 1.82) is 0 Å². The van der Waals surface area contributed by atoms with Gasteiger partial charge in [0.1, 0.15) is 5.41 Å². The molecule has 4 heteroatoms. The van der Waals surface area contributed by atoms with Crippen molar-refractivity contribution in [1.82, 2.24) is 5.32 Å². The van der Waals surface area contributed by atoms with Gasteiger partial charge < -0.3 is 10.4 Å². The molecule has 1 aromatic carbocycles. The van der Waals surface area contributed by atoms with Crippen LogP contribution in [0.15, 0.2) is 43.0 Å². The Balaban J connectivity index is 2.11. The first-order chi connectivity index (χ1) is 10.4. The lowest BCUT2D eigenvalue weighted by molar-refractivity contribution is -0.144. The Morgan fingerprint density at radius 1 is 1.36 bits per heavy atom. The third-order valence-corrected chi connectivity index (χ3v) is 4.81. The van der Waals surface area contributed by atoms with E-state index in [1.807, 2.05) is 18.2 Å². The monoisotopic (exact) mass is 301 g/mol. The zero-order chi connectivity index (χ0) is 16.2. The summed E-state index contributed by atoms with van der Waals surface area (Å²) in [6.07, 6.45) is 5.15. The SMILES string of the molecule is C=CCC1(C(=O)NCC(C)(C(=O)O)c2ccccc2)CCC1. The first-order valence-corrected chi connectivity index (χ1v) is 7.63. The molecule has 1 aliphatic rings. The second-order valence-corrected chi connectivity index (χ2v) is 6.31. The molecular formula is C18H23NO3. The van der Waals surface area contributed by atoms with Crippen molar-refractivity contribution in [3.8, 4) is 0 Å². The molecule has 0 radical (unpaired) electrons. The number of carboxylic acids is 1. The number of carbonyl (C=O) groups excluding carboxylic acids is 1. The lowest BCUT2D eigenvalue weighted by Gasteiger charge is -2.40. The fraction of sp³-hybridized carbons (Fsp3) is 0.444. The molecule has 1 unspecified atom stereocenters. The lowest BCUT2D eigenvalue weighted by Crippen LogP contribution is -2.51. The molecule has 118 valence electrons. The number of amides is 1. The zero-order valence-electron chi connectivity index (χ0n) is 13.0. The summed E-state index contributed by atoms with van der Waals surface area (Å²) in [5, 5.41) is 12.5. The van der Waals surface area contributed by atoms with Gasteiger partial charge in [-0.25, -0.2) is 0 Å². The smallest absolute Gasteiger partial charge is 0.315 e. The summed E-state index contributed by atoms with van der Waals surface area (Å²) in [5.41, 5.74) is -0.817. The van der Waals surface area contributed by atoms with E-state index in [0.717, 1.165) is 19.3 Å². The number of carboxylic acid groups (broad SMARTS) is 1. The van der Waals surface area contributed by atoms with Crippen LogP contribution in [-0.2, 0) is 15.0 Å². The van der Waals surface area contributed by atoms with Crippen molar-refractivity contribution in [3.63, 3.8) is 0 Å². The van der Waals surface area contributed by atoms with E-state index in [1.165, 1.54) is 0 Å². The summed E-state index contributed by atoms with van der Waals surface area (Å²) >= 11 is 0. The van der Waals surface area contributed by atoms with Gasteiger partial charge in [-0.05, 0) is 31.7 Å². The van der Waals surface area contributed by atoms with E-state index in [2.05, 4.69) is 11.9 Å². The fourth-order valence-corrected chi connectivity index (χ4v) is 2.96. The molecule has 0 heterocycles. The van der Waals surface area contributed by atoms with Gasteiger partial charge in [0, 0.05) is 6.54 Å². The van der Waals surface area contributed by atoms with Gasteiger partial charge in [0.25, 0.3) is 0 Å². The van der Waals surface area contributed by atoms with Gasteiger partial charge in [0.2, 0.25) is 5.91 Å². The van der Waals surface area contributed by atoms with Crippen LogP contribution in [0.2, 0.25) is 0 Å². The van der Waals surface area contributed by atoms with Crippen LogP contribution in [0.3, 0.4) is 0 Å². The number of hydrogen-bond acceptors (Lipinski definition) is 2. The summed E-state index contributed by atoms with van der Waals surface area (Å²) in [6, 6.07) is 9.02. The largest absolute Gasteiger partial charge is 0.481 e. The summed E-state index contributed by atoms with van der Waals surface area (Å²) in [5.74, 6) is -0.993. The van der Waals surface area contributed by atoms with E-state index in [-0.39, 0.29) is 17.9 Å². The van der Waals surface area contributed by atoms with Gasteiger partial charge in [-0.15, -0.1) is 6.58 Å². The summed E-state index contributed by atoms with van der Waals surface area (Å²) in [4.78, 5) is 24.2. The molecule has 22 heavy (non-hydrogen) atoms. The van der Waals surface area contributed by atoms with Crippen LogP contribution in [0.1, 0.15) is 38.2 Å². The Morgan fingerprint density at radius 2 is 2.00 bits per heavy atom. The quantitative estimate of drug-likeness (QED) is 0.761. The molecule has 2 N–H and O–H groups in total. The van der Waals surface area contributed by atoms with Gasteiger partial charge in [-0.3, -0.25) is 9.59 Å². The predicted molar refractivity (Wildman–Crippen MR) is 85.5 cm³/mol. The summed E-state index contributed by atoms with van der Waals surface area (Å²) in [6.45, 7) is 5.45. The molecule has 0 spiro atoms. The summed E-state index contributed by atoms with van der Waals surface area (Å²) < 4.78 is 0. The van der Waals surface area contributed by atoms with Gasteiger partial charge in [-0.2, -0.15) is 0 Å². The minimum absolute atomic E-state index is 0.0537. The van der Waals surface area contributed by atoms with E-state index in [4.69, 9.17) is 0 Å². The third-order valence-electron chi connectivity index (χ3n) is 4.81. The molecule has 1 aliphatic carbocycles. The van der Waals surface area contributed by atoms with Crippen LogP contribution in [0.5, 0.6) is 0 Å². The standard InChI is InChI=1S/C18H23NO3/c1-3-10-18(11-7-12-18)15(20)19-13-17(2,16(21)22)14-8-5-4-6-9-14/h3-6,8-9H,1,7,10-13H2,2H3,(H,19,20)(H,21,22). The number of allylic oxidation sites excluding steroid dienone is 1. The first-order valence-electron chi connectivity index (χ1n) is 7.63. The van der Waals surface area contributed by atoms with Crippen molar-refractivity contribution in [2.45, 2.75) is 38.0 Å². The Morgan fingerprint density at radius 3 is 2.45 bits per heavy atom. The maximum Gasteiger partial charge on any atom is 0.315 e. The number of nitrogens with one attached hydrogen (secondary N) is 1. The topological polar surface area (TPSA) is 66.4 Å². The molecule has 0 bridgehead atoms. The fourth-order valence-electron chi connectivity index (χ4n) is 2.96. The van der Waals surface area contributed by atoms with Crippen molar-refractivity contribution in [3.05, 3.63) is 48.6 Å². The van der Waals surface area contributed by atoms with E-state index in [0.29, 0.717) is 12.0 Å². The third kappa shape index (κ3) is 2.91. The second-order valence-electron chi connectivity index (χ2n) is 6.31. The zero-order valence-corrected chi connectivity index (χ0v) is 13.0. The van der Waals surface area contributed by atoms with Crippen LogP contribution >= 0.6 is 0 Å². The maximum absolute atomic E-state index is 12.5. The van der Waals surface area contributed by atoms with Gasteiger partial charge in [-0.1, -0.05) is 42.8 Å². The molecule has 1 atom stereocenters. The Bertz CT molecular complexity index is 563. The number of carbonyl (C=O) groups is 2. The van der Waals surface area contributed by atoms with Gasteiger partial charge in [0.15, 0.2) is 0 Å². The molecule has 0 saturated heterocycles. The Labute approximate surface area is 131 Å². The van der Waals surface area contributed by atoms with E-state index in [1.54, 1.807) is 25.1 Å². The highest BCUT2D eigenvalue weighted by Gasteiger charge is 2.44. The molecule has 1 fully saturated rings. The summed E-state index contributed by atoms with van der Waals surface area (Å²) in [7, 11) is 0. The van der Waals surface area contributed by atoms with Crippen molar-refractivity contribution >= 4 is 11.9 Å². The van der Waals surface area contributed by atoms with E-state index < -0.39 is 11.4 Å². The molecule has 1 saturated carbocycles. The number of benzene rings is 1. The molecule has 2 rings (SSSR count). The Kier molecular flexibility index (Phi) is 4.69. The molecule has 0 aliphatic heterocycles. The average Bonchev–Trinajstić information content (AvgIpc) is 2.48. The van der Waals surface area contributed by atoms with Crippen LogP contribution in [0, 0.1) is 5.41 Å². The molecular weight excluding hydrogens is 278 g/mol. The molecule has 0 aromatic heterocycles. The van der Waals surface area contributed by atoms with Crippen molar-refractivity contribution in [2.24, 2.45) is 5.41 Å². The maximum atomic E-state index is 12.5. The minimum atomic E-state index is -1.13. The molecule has 4 nitrogen and oxygen atoms in total. The highest BCUT2D eigenvalue weighted by atomic mass is 16.4. The minimum Gasteiger partial charge on any atom is -0.481 e. The Hall–Kier alpha value is -2.10. The molecule has 1 amide bonds. The number of aliphatic carboxylic acids is 1.